The molecule has 2 aromatic carbocycles. The van der Waals surface area contributed by atoms with E-state index < -0.39 is 6.04 Å². The van der Waals surface area contributed by atoms with Gasteiger partial charge in [0.1, 0.15) is 6.04 Å². The Kier molecular flexibility index (Phi) is 6.31. The lowest BCUT2D eigenvalue weighted by molar-refractivity contribution is -0.134. The fourth-order valence-corrected chi connectivity index (χ4v) is 3.24. The Labute approximate surface area is 169 Å². The molecule has 0 radical (unpaired) electrons. The normalized spacial score (nSPS) is 15.1. The van der Waals surface area contributed by atoms with Gasteiger partial charge >= 0.3 is 0 Å². The Morgan fingerprint density at radius 3 is 2.04 bits per heavy atom. The molecule has 1 atom stereocenters. The predicted octanol–water partition coefficient (Wildman–Crippen LogP) is 2.44. The van der Waals surface area contributed by atoms with E-state index in [1.165, 1.54) is 0 Å². The van der Waals surface area contributed by atoms with Crippen LogP contribution in [0.5, 0.6) is 0 Å². The zero-order valence-corrected chi connectivity index (χ0v) is 16.4. The monoisotopic (exact) mass is 399 g/mol. The molecule has 1 unspecified atom stereocenters. The Hall–Kier alpha value is -2.86. The first kappa shape index (κ1) is 19.9. The molecule has 1 aliphatic rings. The van der Waals surface area contributed by atoms with Gasteiger partial charge in [0.2, 0.25) is 5.91 Å². The van der Waals surface area contributed by atoms with Crippen molar-refractivity contribution in [1.82, 2.24) is 15.1 Å². The zero-order valence-electron chi connectivity index (χ0n) is 15.6. The molecule has 0 saturated carbocycles. The third-order valence-corrected chi connectivity index (χ3v) is 4.98. The number of nitrogens with one attached hydrogen (secondary N) is 1. The van der Waals surface area contributed by atoms with Gasteiger partial charge in [-0.25, -0.2) is 0 Å². The first-order valence-electron chi connectivity index (χ1n) is 9.15. The number of amides is 3. The van der Waals surface area contributed by atoms with Gasteiger partial charge in [-0.15, -0.1) is 0 Å². The average molecular weight is 400 g/mol. The standard InChI is InChI=1S/C21H22ClN3O3/c1-15(23-19(26)16-7-9-18(22)10-8-16)20(27)24-11-13-25(14-12-24)21(28)17-5-3-2-4-6-17/h2-10,15H,11-14H2,1H3,(H,23,26). The Bertz CT molecular complexity index is 847. The van der Waals surface area contributed by atoms with Crippen molar-refractivity contribution < 1.29 is 14.4 Å². The van der Waals surface area contributed by atoms with E-state index in [0.717, 1.165) is 0 Å². The minimum atomic E-state index is -0.653. The molecule has 0 spiro atoms. The van der Waals surface area contributed by atoms with E-state index in [-0.39, 0.29) is 17.7 Å². The number of hydrogen-bond donors (Lipinski definition) is 1. The highest BCUT2D eigenvalue weighted by Crippen LogP contribution is 2.11. The van der Waals surface area contributed by atoms with Crippen LogP contribution in [0, 0.1) is 0 Å². The lowest BCUT2D eigenvalue weighted by Gasteiger charge is -2.36. The number of carbonyl (C=O) groups is 3. The molecule has 1 aliphatic heterocycles. The number of piperazine rings is 1. The maximum absolute atomic E-state index is 12.7. The molecule has 1 heterocycles. The van der Waals surface area contributed by atoms with Gasteiger partial charge in [-0.1, -0.05) is 29.8 Å². The van der Waals surface area contributed by atoms with Crippen LogP contribution in [0.3, 0.4) is 0 Å². The van der Waals surface area contributed by atoms with Crippen molar-refractivity contribution in [3.63, 3.8) is 0 Å². The van der Waals surface area contributed by atoms with Crippen LogP contribution >= 0.6 is 11.6 Å². The minimum absolute atomic E-state index is 0.0308. The molecule has 0 aromatic heterocycles. The van der Waals surface area contributed by atoms with Gasteiger partial charge < -0.3 is 15.1 Å². The van der Waals surface area contributed by atoms with E-state index in [1.807, 2.05) is 18.2 Å². The Balaban J connectivity index is 1.52. The van der Waals surface area contributed by atoms with Crippen LogP contribution in [0.15, 0.2) is 54.6 Å². The summed E-state index contributed by atoms with van der Waals surface area (Å²) in [5, 5.41) is 3.26. The van der Waals surface area contributed by atoms with Crippen molar-refractivity contribution in [2.24, 2.45) is 0 Å². The highest BCUT2D eigenvalue weighted by atomic mass is 35.5. The number of halogens is 1. The second kappa shape index (κ2) is 8.89. The van der Waals surface area contributed by atoms with Gasteiger partial charge in [-0.05, 0) is 43.3 Å². The third-order valence-electron chi connectivity index (χ3n) is 4.72. The Morgan fingerprint density at radius 2 is 1.43 bits per heavy atom. The van der Waals surface area contributed by atoms with Gasteiger partial charge in [-0.3, -0.25) is 14.4 Å². The second-order valence-corrected chi connectivity index (χ2v) is 7.12. The first-order chi connectivity index (χ1) is 13.5. The summed E-state index contributed by atoms with van der Waals surface area (Å²) >= 11 is 5.83. The summed E-state index contributed by atoms with van der Waals surface area (Å²) < 4.78 is 0. The van der Waals surface area contributed by atoms with E-state index in [9.17, 15) is 14.4 Å². The van der Waals surface area contributed by atoms with Crippen LogP contribution < -0.4 is 5.32 Å². The summed E-state index contributed by atoms with van der Waals surface area (Å²) in [6, 6.07) is 14.9. The second-order valence-electron chi connectivity index (χ2n) is 6.69. The maximum Gasteiger partial charge on any atom is 0.253 e. The predicted molar refractivity (Wildman–Crippen MR) is 107 cm³/mol. The van der Waals surface area contributed by atoms with E-state index in [2.05, 4.69) is 5.32 Å². The SMILES string of the molecule is CC(NC(=O)c1ccc(Cl)cc1)C(=O)N1CCN(C(=O)c2ccccc2)CC1. The summed E-state index contributed by atoms with van der Waals surface area (Å²) in [7, 11) is 0. The van der Waals surface area contributed by atoms with Crippen molar-refractivity contribution >= 4 is 29.3 Å². The fraction of sp³-hybridized carbons (Fsp3) is 0.286. The smallest absolute Gasteiger partial charge is 0.253 e. The lowest BCUT2D eigenvalue weighted by atomic mass is 10.1. The third kappa shape index (κ3) is 4.70. The highest BCUT2D eigenvalue weighted by molar-refractivity contribution is 6.30. The minimum Gasteiger partial charge on any atom is -0.341 e. The summed E-state index contributed by atoms with van der Waals surface area (Å²) in [4.78, 5) is 40.8. The molecular formula is C21H22ClN3O3. The molecule has 0 aliphatic carbocycles. The van der Waals surface area contributed by atoms with E-state index in [0.29, 0.717) is 42.3 Å². The van der Waals surface area contributed by atoms with Gasteiger partial charge in [0, 0.05) is 42.3 Å². The van der Waals surface area contributed by atoms with E-state index in [1.54, 1.807) is 53.1 Å². The summed E-state index contributed by atoms with van der Waals surface area (Å²) in [5.41, 5.74) is 1.09. The van der Waals surface area contributed by atoms with Crippen molar-refractivity contribution in [2.75, 3.05) is 26.2 Å². The summed E-state index contributed by atoms with van der Waals surface area (Å²) in [6.45, 7) is 3.49. The van der Waals surface area contributed by atoms with Crippen LogP contribution in [-0.4, -0.2) is 59.7 Å². The molecule has 7 heteroatoms. The van der Waals surface area contributed by atoms with Crippen LogP contribution in [0.4, 0.5) is 0 Å². The molecule has 1 fully saturated rings. The van der Waals surface area contributed by atoms with Crippen LogP contribution in [0.2, 0.25) is 5.02 Å². The van der Waals surface area contributed by atoms with Crippen molar-refractivity contribution in [3.05, 3.63) is 70.7 Å². The quantitative estimate of drug-likeness (QED) is 0.858. The molecule has 1 N–H and O–H groups in total. The average Bonchev–Trinajstić information content (AvgIpc) is 2.73. The molecule has 3 rings (SSSR count). The number of hydrogen-bond acceptors (Lipinski definition) is 3. The number of benzene rings is 2. The van der Waals surface area contributed by atoms with Crippen molar-refractivity contribution in [2.45, 2.75) is 13.0 Å². The zero-order chi connectivity index (χ0) is 20.1. The number of nitrogens with zero attached hydrogens (tertiary/aromatic N) is 2. The van der Waals surface area contributed by atoms with E-state index >= 15 is 0 Å². The van der Waals surface area contributed by atoms with E-state index in [4.69, 9.17) is 11.6 Å². The molecule has 6 nitrogen and oxygen atoms in total. The topological polar surface area (TPSA) is 69.7 Å². The largest absolute Gasteiger partial charge is 0.341 e. The molecular weight excluding hydrogens is 378 g/mol. The first-order valence-corrected chi connectivity index (χ1v) is 9.53. The van der Waals surface area contributed by atoms with Crippen LogP contribution in [0.1, 0.15) is 27.6 Å². The highest BCUT2D eigenvalue weighted by Gasteiger charge is 2.28. The number of carbonyl (C=O) groups excluding carboxylic acids is 3. The molecule has 3 amide bonds. The number of rotatable bonds is 4. The van der Waals surface area contributed by atoms with Crippen LogP contribution in [-0.2, 0) is 4.79 Å². The summed E-state index contributed by atoms with van der Waals surface area (Å²) in [5.74, 6) is -0.513. The van der Waals surface area contributed by atoms with Crippen LogP contribution in [0.25, 0.3) is 0 Å². The molecule has 28 heavy (non-hydrogen) atoms. The lowest BCUT2D eigenvalue weighted by Crippen LogP contribution is -2.55. The van der Waals surface area contributed by atoms with Gasteiger partial charge in [-0.2, -0.15) is 0 Å². The molecule has 0 bridgehead atoms. The van der Waals surface area contributed by atoms with Gasteiger partial charge in [0.25, 0.3) is 11.8 Å². The molecule has 2 aromatic rings. The molecule has 146 valence electrons. The Morgan fingerprint density at radius 1 is 0.857 bits per heavy atom. The summed E-state index contributed by atoms with van der Waals surface area (Å²) in [6.07, 6.45) is 0. The van der Waals surface area contributed by atoms with Gasteiger partial charge in [0.05, 0.1) is 0 Å². The molecule has 1 saturated heterocycles. The van der Waals surface area contributed by atoms with Gasteiger partial charge in [0.15, 0.2) is 0 Å². The fourth-order valence-electron chi connectivity index (χ4n) is 3.11. The maximum atomic E-state index is 12.7. The van der Waals surface area contributed by atoms with Crippen molar-refractivity contribution in [1.29, 1.82) is 0 Å². The van der Waals surface area contributed by atoms with Crippen molar-refractivity contribution in [3.8, 4) is 0 Å².